The Morgan fingerprint density at radius 3 is 2.68 bits per heavy atom. The van der Waals surface area contributed by atoms with E-state index in [1.165, 1.54) is 36.0 Å². The molecule has 0 aliphatic heterocycles. The second-order valence-electron chi connectivity index (χ2n) is 8.11. The van der Waals surface area contributed by atoms with E-state index < -0.39 is 4.92 Å². The molecule has 4 rings (SSSR count). The number of benzene rings is 1. The van der Waals surface area contributed by atoms with Gasteiger partial charge in [-0.1, -0.05) is 32.5 Å². The van der Waals surface area contributed by atoms with E-state index in [0.29, 0.717) is 16.8 Å². The molecule has 9 heteroatoms. The molecule has 1 amide bonds. The molecule has 2 bridgehead atoms. The highest BCUT2D eigenvalue weighted by atomic mass is 32.2. The number of anilines is 1. The molecule has 1 saturated carbocycles. The largest absolute Gasteiger partial charge is 0.325 e. The van der Waals surface area contributed by atoms with Crippen LogP contribution in [0, 0.1) is 15.5 Å². The van der Waals surface area contributed by atoms with Crippen molar-refractivity contribution < 1.29 is 9.72 Å². The maximum absolute atomic E-state index is 12.2. The zero-order valence-corrected chi connectivity index (χ0v) is 16.7. The molecule has 1 N–H and O–H groups in total. The van der Waals surface area contributed by atoms with Gasteiger partial charge in [-0.2, -0.15) is 5.10 Å². The van der Waals surface area contributed by atoms with Gasteiger partial charge in [0.1, 0.15) is 0 Å². The molecular weight excluding hydrogens is 378 g/mol. The average Bonchev–Trinajstić information content (AvgIpc) is 2.99. The maximum Gasteiger partial charge on any atom is 0.269 e. The summed E-state index contributed by atoms with van der Waals surface area (Å²) in [5.41, 5.74) is 2.65. The molecule has 8 nitrogen and oxygen atoms in total. The predicted octanol–water partition coefficient (Wildman–Crippen LogP) is 3.69. The molecule has 2 aliphatic rings. The normalized spacial score (nSPS) is 24.0. The minimum atomic E-state index is -0.478. The molecular formula is C19H21N5O3S. The summed E-state index contributed by atoms with van der Waals surface area (Å²) >= 11 is 1.24. The Labute approximate surface area is 166 Å². The summed E-state index contributed by atoms with van der Waals surface area (Å²) in [7, 11) is 0. The molecule has 28 heavy (non-hydrogen) atoms. The van der Waals surface area contributed by atoms with Crippen molar-refractivity contribution in [3.63, 3.8) is 0 Å². The van der Waals surface area contributed by atoms with E-state index in [0.717, 1.165) is 24.2 Å². The van der Waals surface area contributed by atoms with Crippen molar-refractivity contribution in [3.05, 3.63) is 45.8 Å². The highest BCUT2D eigenvalue weighted by Crippen LogP contribution is 2.66. The molecule has 0 spiro atoms. The average molecular weight is 399 g/mol. The SMILES string of the molecule is CC1(C)[C@@H]2CC[C@]1(C)c1nc(SCC(=O)Nc3ccc([N+](=O)[O-])cc3)nnc12. The summed E-state index contributed by atoms with van der Waals surface area (Å²) < 4.78 is 0. The van der Waals surface area contributed by atoms with Gasteiger partial charge >= 0.3 is 0 Å². The Bertz CT molecular complexity index is 963. The molecule has 2 atom stereocenters. The van der Waals surface area contributed by atoms with Gasteiger partial charge in [0.25, 0.3) is 5.69 Å². The Morgan fingerprint density at radius 1 is 1.29 bits per heavy atom. The highest BCUT2D eigenvalue weighted by molar-refractivity contribution is 7.99. The first-order valence-corrected chi connectivity index (χ1v) is 10.1. The number of fused-ring (bicyclic) bond motifs is 5. The van der Waals surface area contributed by atoms with Crippen molar-refractivity contribution in [3.8, 4) is 0 Å². The van der Waals surface area contributed by atoms with Crippen LogP contribution in [0.3, 0.4) is 0 Å². The molecule has 1 aromatic heterocycles. The van der Waals surface area contributed by atoms with Gasteiger partial charge in [0.2, 0.25) is 11.1 Å². The first-order chi connectivity index (χ1) is 13.2. The lowest BCUT2D eigenvalue weighted by Crippen LogP contribution is -2.32. The fourth-order valence-corrected chi connectivity index (χ4v) is 5.00. The monoisotopic (exact) mass is 399 g/mol. The summed E-state index contributed by atoms with van der Waals surface area (Å²) in [4.78, 5) is 27.1. The third-order valence-corrected chi connectivity index (χ3v) is 7.30. The quantitative estimate of drug-likeness (QED) is 0.464. The maximum atomic E-state index is 12.2. The van der Waals surface area contributed by atoms with Crippen molar-refractivity contribution in [1.82, 2.24) is 15.2 Å². The number of nitro groups is 1. The van der Waals surface area contributed by atoms with Gasteiger partial charge in [-0.25, -0.2) is 4.98 Å². The summed E-state index contributed by atoms with van der Waals surface area (Å²) in [5, 5.41) is 22.6. The summed E-state index contributed by atoms with van der Waals surface area (Å²) in [6, 6.07) is 5.73. The fourth-order valence-electron chi connectivity index (χ4n) is 4.42. The number of carbonyl (C=O) groups is 1. The number of carbonyl (C=O) groups excluding carboxylic acids is 1. The number of nitrogens with one attached hydrogen (secondary N) is 1. The highest BCUT2D eigenvalue weighted by Gasteiger charge is 2.61. The number of nitro benzene ring substituents is 1. The molecule has 2 aliphatic carbocycles. The van der Waals surface area contributed by atoms with Crippen LogP contribution in [0.15, 0.2) is 29.4 Å². The first kappa shape index (κ1) is 18.8. The summed E-state index contributed by atoms with van der Waals surface area (Å²) in [5.74, 6) is 0.314. The van der Waals surface area contributed by atoms with Gasteiger partial charge in [-0.15, -0.1) is 5.10 Å². The lowest BCUT2D eigenvalue weighted by molar-refractivity contribution is -0.384. The van der Waals surface area contributed by atoms with Crippen LogP contribution in [0.2, 0.25) is 0 Å². The molecule has 0 radical (unpaired) electrons. The van der Waals surface area contributed by atoms with Crippen LogP contribution in [-0.2, 0) is 10.2 Å². The third kappa shape index (κ3) is 2.85. The van der Waals surface area contributed by atoms with E-state index >= 15 is 0 Å². The van der Waals surface area contributed by atoms with Crippen molar-refractivity contribution in [1.29, 1.82) is 0 Å². The van der Waals surface area contributed by atoms with Crippen LogP contribution in [-0.4, -0.2) is 31.8 Å². The van der Waals surface area contributed by atoms with Crippen LogP contribution >= 0.6 is 11.8 Å². The molecule has 0 unspecified atom stereocenters. The van der Waals surface area contributed by atoms with Gasteiger partial charge < -0.3 is 5.32 Å². The van der Waals surface area contributed by atoms with E-state index in [2.05, 4.69) is 36.3 Å². The van der Waals surface area contributed by atoms with Crippen molar-refractivity contribution in [2.75, 3.05) is 11.1 Å². The minimum absolute atomic E-state index is 0.000730. The fraction of sp³-hybridized carbons (Fsp3) is 0.474. The Morgan fingerprint density at radius 2 is 2.00 bits per heavy atom. The van der Waals surface area contributed by atoms with E-state index in [1.807, 2.05) is 0 Å². The number of nitrogens with zero attached hydrogens (tertiary/aromatic N) is 4. The topological polar surface area (TPSA) is 111 Å². The third-order valence-electron chi connectivity index (χ3n) is 6.47. The smallest absolute Gasteiger partial charge is 0.269 e. The van der Waals surface area contributed by atoms with Gasteiger partial charge in [0, 0.05) is 29.2 Å². The predicted molar refractivity (Wildman–Crippen MR) is 105 cm³/mol. The van der Waals surface area contributed by atoms with E-state index in [1.54, 1.807) is 0 Å². The molecule has 2 aromatic rings. The first-order valence-electron chi connectivity index (χ1n) is 9.14. The standard InChI is InChI=1S/C19H21N5O3S/c1-18(2)13-8-9-19(18,3)16-15(13)22-23-17(21-16)28-10-14(25)20-11-4-6-12(7-5-11)24(26)27/h4-7,13H,8-10H2,1-3H3,(H,20,25)/t13-,19-/m1/s1. The molecule has 1 aromatic carbocycles. The Hall–Kier alpha value is -2.55. The van der Waals surface area contributed by atoms with Gasteiger partial charge in [-0.05, 0) is 30.4 Å². The van der Waals surface area contributed by atoms with Gasteiger partial charge in [-0.3, -0.25) is 14.9 Å². The minimum Gasteiger partial charge on any atom is -0.325 e. The second kappa shape index (κ2) is 6.51. The van der Waals surface area contributed by atoms with Crippen molar-refractivity contribution in [2.24, 2.45) is 5.41 Å². The van der Waals surface area contributed by atoms with E-state index in [-0.39, 0.29) is 28.2 Å². The van der Waals surface area contributed by atoms with Crippen molar-refractivity contribution in [2.45, 2.75) is 50.1 Å². The molecule has 0 saturated heterocycles. The van der Waals surface area contributed by atoms with Crippen LogP contribution in [0.1, 0.15) is 50.9 Å². The molecule has 146 valence electrons. The van der Waals surface area contributed by atoms with Crippen LogP contribution in [0.5, 0.6) is 0 Å². The zero-order chi connectivity index (χ0) is 20.1. The second-order valence-corrected chi connectivity index (χ2v) is 9.06. The zero-order valence-electron chi connectivity index (χ0n) is 15.9. The molecule has 1 fully saturated rings. The lowest BCUT2D eigenvalue weighted by atomic mass is 9.70. The number of amides is 1. The molecule has 1 heterocycles. The van der Waals surface area contributed by atoms with Crippen LogP contribution in [0.25, 0.3) is 0 Å². The number of hydrogen-bond acceptors (Lipinski definition) is 7. The number of rotatable bonds is 5. The number of thioether (sulfide) groups is 1. The number of hydrogen-bond donors (Lipinski definition) is 1. The Balaban J connectivity index is 1.41. The number of non-ortho nitro benzene ring substituents is 1. The summed E-state index contributed by atoms with van der Waals surface area (Å²) in [6.07, 6.45) is 2.22. The van der Waals surface area contributed by atoms with E-state index in [9.17, 15) is 14.9 Å². The number of aromatic nitrogens is 3. The van der Waals surface area contributed by atoms with Crippen LogP contribution in [0.4, 0.5) is 11.4 Å². The van der Waals surface area contributed by atoms with E-state index in [4.69, 9.17) is 4.98 Å². The van der Waals surface area contributed by atoms with Crippen molar-refractivity contribution >= 4 is 29.0 Å². The Kier molecular flexibility index (Phi) is 4.37. The summed E-state index contributed by atoms with van der Waals surface area (Å²) in [6.45, 7) is 6.81. The lowest BCUT2D eigenvalue weighted by Gasteiger charge is -2.33. The van der Waals surface area contributed by atoms with Gasteiger partial charge in [0.05, 0.1) is 22.1 Å². The van der Waals surface area contributed by atoms with Crippen LogP contribution < -0.4 is 5.32 Å². The van der Waals surface area contributed by atoms with Gasteiger partial charge in [0.15, 0.2) is 0 Å².